The van der Waals surface area contributed by atoms with Crippen molar-refractivity contribution in [3.8, 4) is 0 Å². The van der Waals surface area contributed by atoms with Crippen LogP contribution in [0.4, 0.5) is 0 Å². The molecule has 0 saturated carbocycles. The van der Waals surface area contributed by atoms with Gasteiger partial charge >= 0.3 is 0 Å². The molecular weight excluding hydrogens is 226 g/mol. The molecule has 0 aliphatic heterocycles. The van der Waals surface area contributed by atoms with Gasteiger partial charge in [-0.25, -0.2) is 0 Å². The lowest BCUT2D eigenvalue weighted by Gasteiger charge is -2.25. The lowest BCUT2D eigenvalue weighted by Crippen LogP contribution is -2.37. The normalized spacial score (nSPS) is 10.8. The highest BCUT2D eigenvalue weighted by molar-refractivity contribution is 6.17. The van der Waals surface area contributed by atoms with Crippen molar-refractivity contribution in [1.82, 2.24) is 14.7 Å². The Hall–Kier alpha value is -1.03. The molecule has 5 heteroatoms. The Morgan fingerprint density at radius 1 is 1.62 bits per heavy atom. The Kier molecular flexibility index (Phi) is 4.80. The molecule has 16 heavy (non-hydrogen) atoms. The molecule has 0 fully saturated rings. The van der Waals surface area contributed by atoms with Crippen LogP contribution in [0.3, 0.4) is 0 Å². The minimum absolute atomic E-state index is 0.0215. The van der Waals surface area contributed by atoms with E-state index in [0.29, 0.717) is 18.0 Å². The van der Waals surface area contributed by atoms with Crippen LogP contribution in [0.2, 0.25) is 0 Å². The van der Waals surface area contributed by atoms with Gasteiger partial charge in [-0.05, 0) is 20.3 Å². The first-order valence-electron chi connectivity index (χ1n) is 5.42. The first-order chi connectivity index (χ1) is 7.56. The Bertz CT molecular complexity index is 349. The lowest BCUT2D eigenvalue weighted by molar-refractivity contribution is 0.0706. The largest absolute Gasteiger partial charge is 0.336 e. The monoisotopic (exact) mass is 243 g/mol. The maximum absolute atomic E-state index is 12.1. The number of amides is 1. The van der Waals surface area contributed by atoms with E-state index in [0.717, 1.165) is 6.42 Å². The highest BCUT2D eigenvalue weighted by atomic mass is 35.5. The van der Waals surface area contributed by atoms with E-state index in [9.17, 15) is 4.79 Å². The van der Waals surface area contributed by atoms with Gasteiger partial charge in [-0.3, -0.25) is 9.48 Å². The Morgan fingerprint density at radius 2 is 2.31 bits per heavy atom. The van der Waals surface area contributed by atoms with Crippen LogP contribution in [-0.2, 0) is 7.05 Å². The zero-order valence-electron chi connectivity index (χ0n) is 9.98. The topological polar surface area (TPSA) is 38.1 Å². The van der Waals surface area contributed by atoms with Crippen LogP contribution in [0, 0.1) is 0 Å². The van der Waals surface area contributed by atoms with Gasteiger partial charge in [0, 0.05) is 31.7 Å². The standard InChI is InChI=1S/C11H18ClN3O/c1-9(2)15(6-4-5-12)11(16)10-7-13-14(3)8-10/h7-9H,4-6H2,1-3H3. The quantitative estimate of drug-likeness (QED) is 0.741. The number of hydrogen-bond acceptors (Lipinski definition) is 2. The number of aromatic nitrogens is 2. The fourth-order valence-electron chi connectivity index (χ4n) is 1.52. The van der Waals surface area contributed by atoms with Crippen molar-refractivity contribution in [2.45, 2.75) is 26.3 Å². The summed E-state index contributed by atoms with van der Waals surface area (Å²) in [4.78, 5) is 14.0. The van der Waals surface area contributed by atoms with Crippen LogP contribution in [0.1, 0.15) is 30.6 Å². The van der Waals surface area contributed by atoms with E-state index in [1.807, 2.05) is 18.7 Å². The van der Waals surface area contributed by atoms with Crippen molar-refractivity contribution in [3.05, 3.63) is 18.0 Å². The number of halogens is 1. The van der Waals surface area contributed by atoms with Gasteiger partial charge in [0.1, 0.15) is 0 Å². The Balaban J connectivity index is 2.74. The van der Waals surface area contributed by atoms with Gasteiger partial charge in [0.25, 0.3) is 5.91 Å². The summed E-state index contributed by atoms with van der Waals surface area (Å²) in [6.07, 6.45) is 4.14. The Labute approximate surface area is 101 Å². The molecule has 0 unspecified atom stereocenters. The summed E-state index contributed by atoms with van der Waals surface area (Å²) in [6, 6.07) is 0.177. The van der Waals surface area contributed by atoms with Gasteiger partial charge < -0.3 is 4.90 Å². The molecule has 0 bridgehead atoms. The molecule has 1 rings (SSSR count). The summed E-state index contributed by atoms with van der Waals surface area (Å²) in [6.45, 7) is 4.69. The van der Waals surface area contributed by atoms with Gasteiger partial charge in [0.15, 0.2) is 0 Å². The minimum atomic E-state index is 0.0215. The zero-order chi connectivity index (χ0) is 12.1. The van der Waals surface area contributed by atoms with Crippen LogP contribution < -0.4 is 0 Å². The number of alkyl halides is 1. The fourth-order valence-corrected chi connectivity index (χ4v) is 1.64. The van der Waals surface area contributed by atoms with Gasteiger partial charge in [-0.2, -0.15) is 5.10 Å². The second-order valence-electron chi connectivity index (χ2n) is 4.04. The smallest absolute Gasteiger partial charge is 0.257 e. The van der Waals surface area contributed by atoms with Crippen molar-refractivity contribution in [2.75, 3.05) is 12.4 Å². The molecule has 1 aromatic rings. The molecule has 0 saturated heterocycles. The van der Waals surface area contributed by atoms with Crippen molar-refractivity contribution in [2.24, 2.45) is 7.05 Å². The average molecular weight is 244 g/mol. The molecular formula is C11H18ClN3O. The lowest BCUT2D eigenvalue weighted by atomic mass is 10.2. The molecule has 0 aliphatic rings. The van der Waals surface area contributed by atoms with Crippen molar-refractivity contribution in [1.29, 1.82) is 0 Å². The molecule has 0 aromatic carbocycles. The van der Waals surface area contributed by atoms with Crippen LogP contribution in [0.5, 0.6) is 0 Å². The average Bonchev–Trinajstić information content (AvgIpc) is 2.64. The van der Waals surface area contributed by atoms with E-state index in [-0.39, 0.29) is 11.9 Å². The molecule has 1 aromatic heterocycles. The van der Waals surface area contributed by atoms with E-state index in [1.165, 1.54) is 0 Å². The number of nitrogens with zero attached hydrogens (tertiary/aromatic N) is 3. The number of rotatable bonds is 5. The first kappa shape index (κ1) is 13.0. The van der Waals surface area contributed by atoms with Crippen LogP contribution >= 0.6 is 11.6 Å². The predicted octanol–water partition coefficient (Wildman–Crippen LogP) is 1.90. The van der Waals surface area contributed by atoms with Crippen LogP contribution in [0.15, 0.2) is 12.4 Å². The summed E-state index contributed by atoms with van der Waals surface area (Å²) in [5, 5.41) is 4.00. The second kappa shape index (κ2) is 5.89. The third kappa shape index (κ3) is 3.23. The van der Waals surface area contributed by atoms with E-state index in [1.54, 1.807) is 24.1 Å². The molecule has 1 amide bonds. The second-order valence-corrected chi connectivity index (χ2v) is 4.42. The van der Waals surface area contributed by atoms with Crippen molar-refractivity contribution >= 4 is 17.5 Å². The highest BCUT2D eigenvalue weighted by Gasteiger charge is 2.19. The minimum Gasteiger partial charge on any atom is -0.336 e. The number of hydrogen-bond donors (Lipinski definition) is 0. The summed E-state index contributed by atoms with van der Waals surface area (Å²) in [5.41, 5.74) is 0.630. The van der Waals surface area contributed by atoms with Gasteiger partial charge in [0.05, 0.1) is 11.8 Å². The third-order valence-corrected chi connectivity index (χ3v) is 2.64. The van der Waals surface area contributed by atoms with Gasteiger partial charge in [0.2, 0.25) is 0 Å². The van der Waals surface area contributed by atoms with Gasteiger partial charge in [-0.15, -0.1) is 11.6 Å². The number of carbonyl (C=O) groups excluding carboxylic acids is 1. The van der Waals surface area contributed by atoms with Crippen LogP contribution in [0.25, 0.3) is 0 Å². The van der Waals surface area contributed by atoms with E-state index in [2.05, 4.69) is 5.10 Å². The molecule has 1 heterocycles. The molecule has 4 nitrogen and oxygen atoms in total. The molecule has 90 valence electrons. The van der Waals surface area contributed by atoms with E-state index < -0.39 is 0 Å². The Morgan fingerprint density at radius 3 is 2.75 bits per heavy atom. The molecule has 0 N–H and O–H groups in total. The first-order valence-corrected chi connectivity index (χ1v) is 5.95. The van der Waals surface area contributed by atoms with Crippen molar-refractivity contribution in [3.63, 3.8) is 0 Å². The summed E-state index contributed by atoms with van der Waals surface area (Å²) in [5.74, 6) is 0.594. The van der Waals surface area contributed by atoms with E-state index >= 15 is 0 Å². The predicted molar refractivity (Wildman–Crippen MR) is 64.7 cm³/mol. The molecule has 0 aliphatic carbocycles. The number of aryl methyl sites for hydroxylation is 1. The van der Waals surface area contributed by atoms with E-state index in [4.69, 9.17) is 11.6 Å². The van der Waals surface area contributed by atoms with Crippen molar-refractivity contribution < 1.29 is 4.79 Å². The summed E-state index contributed by atoms with van der Waals surface area (Å²) in [7, 11) is 1.80. The summed E-state index contributed by atoms with van der Waals surface area (Å²) >= 11 is 5.65. The number of carbonyl (C=O) groups is 1. The third-order valence-electron chi connectivity index (χ3n) is 2.37. The summed E-state index contributed by atoms with van der Waals surface area (Å²) < 4.78 is 1.63. The highest BCUT2D eigenvalue weighted by Crippen LogP contribution is 2.08. The van der Waals surface area contributed by atoms with Crippen LogP contribution in [-0.4, -0.2) is 39.1 Å². The molecule has 0 atom stereocenters. The molecule has 0 spiro atoms. The fraction of sp³-hybridized carbons (Fsp3) is 0.636. The zero-order valence-corrected chi connectivity index (χ0v) is 10.7. The van der Waals surface area contributed by atoms with Gasteiger partial charge in [-0.1, -0.05) is 0 Å². The maximum atomic E-state index is 12.1. The SMILES string of the molecule is CC(C)N(CCCCl)C(=O)c1cnn(C)c1. The maximum Gasteiger partial charge on any atom is 0.257 e. The molecule has 0 radical (unpaired) electrons.